The minimum atomic E-state index is -0.844. The van der Waals surface area contributed by atoms with Gasteiger partial charge >= 0.3 is 0 Å². The lowest BCUT2D eigenvalue weighted by Crippen LogP contribution is -2.21. The first-order valence-corrected chi connectivity index (χ1v) is 6.58. The normalized spacial score (nSPS) is 17.5. The van der Waals surface area contributed by atoms with Crippen LogP contribution in [0, 0.1) is 11.6 Å². The summed E-state index contributed by atoms with van der Waals surface area (Å²) in [5.74, 6) is -1.21. The van der Waals surface area contributed by atoms with Crippen LogP contribution in [-0.4, -0.2) is 6.08 Å². The monoisotopic (exact) mass is 265 g/mol. The van der Waals surface area contributed by atoms with E-state index < -0.39 is 17.2 Å². The molecule has 0 amide bonds. The molecule has 0 radical (unpaired) electrons. The van der Waals surface area contributed by atoms with Crippen molar-refractivity contribution in [2.45, 2.75) is 51.0 Å². The van der Waals surface area contributed by atoms with Crippen LogP contribution in [0.4, 0.5) is 8.78 Å². The van der Waals surface area contributed by atoms with Crippen LogP contribution < -0.4 is 0 Å². The number of nitrogens with zero attached hydrogens (tertiary/aromatic N) is 1. The smallest absolute Gasteiger partial charge is 0.211 e. The third-order valence-corrected chi connectivity index (χ3v) is 3.90. The summed E-state index contributed by atoms with van der Waals surface area (Å²) in [6, 6.07) is 2.44. The summed E-state index contributed by atoms with van der Waals surface area (Å²) in [7, 11) is 0. The van der Waals surface area contributed by atoms with E-state index in [2.05, 4.69) is 4.99 Å². The highest BCUT2D eigenvalue weighted by molar-refractivity contribution is 5.41. The van der Waals surface area contributed by atoms with E-state index in [9.17, 15) is 13.6 Å². The molecule has 0 saturated heterocycles. The van der Waals surface area contributed by atoms with Gasteiger partial charge in [-0.1, -0.05) is 26.7 Å². The van der Waals surface area contributed by atoms with Crippen LogP contribution >= 0.6 is 0 Å². The molecule has 1 aromatic rings. The fourth-order valence-electron chi connectivity index (χ4n) is 2.85. The number of hydrogen-bond donors (Lipinski definition) is 0. The van der Waals surface area contributed by atoms with Gasteiger partial charge < -0.3 is 0 Å². The van der Waals surface area contributed by atoms with E-state index in [-0.39, 0.29) is 5.92 Å². The Balaban J connectivity index is 2.60. The van der Waals surface area contributed by atoms with Gasteiger partial charge in [-0.2, -0.15) is 4.99 Å². The first-order chi connectivity index (χ1) is 9.00. The summed E-state index contributed by atoms with van der Waals surface area (Å²) >= 11 is 0. The maximum atomic E-state index is 14.1. The Morgan fingerprint density at radius 3 is 2.37 bits per heavy atom. The Kier molecular flexibility index (Phi) is 3.81. The van der Waals surface area contributed by atoms with E-state index in [1.807, 2.05) is 13.8 Å². The summed E-state index contributed by atoms with van der Waals surface area (Å²) < 4.78 is 27.8. The molecule has 19 heavy (non-hydrogen) atoms. The quantitative estimate of drug-likeness (QED) is 0.595. The van der Waals surface area contributed by atoms with Crippen molar-refractivity contribution in [1.29, 1.82) is 0 Å². The van der Waals surface area contributed by atoms with Gasteiger partial charge in [-0.15, -0.1) is 0 Å². The molecule has 1 saturated carbocycles. The van der Waals surface area contributed by atoms with Crippen molar-refractivity contribution in [2.24, 2.45) is 4.99 Å². The Hall–Kier alpha value is -1.54. The predicted molar refractivity (Wildman–Crippen MR) is 68.7 cm³/mol. The summed E-state index contributed by atoms with van der Waals surface area (Å²) in [5, 5.41) is 0. The van der Waals surface area contributed by atoms with Gasteiger partial charge in [0, 0.05) is 11.6 Å². The van der Waals surface area contributed by atoms with Crippen LogP contribution in [0.2, 0.25) is 0 Å². The Bertz CT molecular complexity index is 527. The molecule has 2 rings (SSSR count). The average molecular weight is 265 g/mol. The standard InChI is InChI=1S/C15H17F2NO/c1-10(2)11-7-12(14(17)8-13(11)16)15(18-9-19)5-3-4-6-15/h7-8,10H,3-6H2,1-2H3. The molecule has 0 spiro atoms. The third-order valence-electron chi connectivity index (χ3n) is 3.90. The molecular formula is C15H17F2NO. The predicted octanol–water partition coefficient (Wildman–Crippen LogP) is 4.19. The van der Waals surface area contributed by atoms with Gasteiger partial charge in [0.1, 0.15) is 17.2 Å². The zero-order valence-corrected chi connectivity index (χ0v) is 11.2. The van der Waals surface area contributed by atoms with E-state index in [1.165, 1.54) is 6.07 Å². The summed E-state index contributed by atoms with van der Waals surface area (Å²) in [4.78, 5) is 14.5. The van der Waals surface area contributed by atoms with E-state index >= 15 is 0 Å². The Labute approximate surface area is 111 Å². The molecule has 0 unspecified atom stereocenters. The Morgan fingerprint density at radius 2 is 1.84 bits per heavy atom. The average Bonchev–Trinajstić information content (AvgIpc) is 2.78. The summed E-state index contributed by atoms with van der Waals surface area (Å²) in [5.41, 5.74) is -0.0503. The number of halogens is 2. The molecule has 1 aliphatic rings. The van der Waals surface area contributed by atoms with E-state index in [0.29, 0.717) is 24.0 Å². The van der Waals surface area contributed by atoms with Crippen LogP contribution in [0.15, 0.2) is 17.1 Å². The van der Waals surface area contributed by atoms with Crippen molar-refractivity contribution in [2.75, 3.05) is 0 Å². The molecular weight excluding hydrogens is 248 g/mol. The van der Waals surface area contributed by atoms with Crippen LogP contribution in [0.5, 0.6) is 0 Å². The lowest BCUT2D eigenvalue weighted by molar-refractivity contribution is 0.426. The lowest BCUT2D eigenvalue weighted by atomic mass is 9.86. The van der Waals surface area contributed by atoms with Crippen molar-refractivity contribution >= 4 is 6.08 Å². The molecule has 0 bridgehead atoms. The molecule has 0 atom stereocenters. The molecule has 0 aliphatic heterocycles. The molecule has 4 heteroatoms. The highest BCUT2D eigenvalue weighted by Gasteiger charge is 2.38. The zero-order chi connectivity index (χ0) is 14.0. The second-order valence-electron chi connectivity index (χ2n) is 5.45. The maximum Gasteiger partial charge on any atom is 0.235 e. The first-order valence-electron chi connectivity index (χ1n) is 6.58. The van der Waals surface area contributed by atoms with Gasteiger partial charge in [0.25, 0.3) is 0 Å². The first kappa shape index (κ1) is 13.9. The highest BCUT2D eigenvalue weighted by atomic mass is 19.1. The molecule has 0 heterocycles. The second-order valence-corrected chi connectivity index (χ2v) is 5.45. The van der Waals surface area contributed by atoms with Gasteiger partial charge in [0.05, 0.1) is 0 Å². The molecule has 1 aromatic carbocycles. The van der Waals surface area contributed by atoms with Crippen molar-refractivity contribution in [3.8, 4) is 0 Å². The summed E-state index contributed by atoms with van der Waals surface area (Å²) in [6.45, 7) is 3.70. The molecule has 1 aliphatic carbocycles. The van der Waals surface area contributed by atoms with Crippen LogP contribution in [-0.2, 0) is 10.3 Å². The molecule has 1 fully saturated rings. The van der Waals surface area contributed by atoms with Crippen molar-refractivity contribution in [1.82, 2.24) is 0 Å². The fourth-order valence-corrected chi connectivity index (χ4v) is 2.85. The van der Waals surface area contributed by atoms with Gasteiger partial charge in [-0.05, 0) is 30.4 Å². The molecule has 2 nitrogen and oxygen atoms in total. The van der Waals surface area contributed by atoms with Crippen LogP contribution in [0.25, 0.3) is 0 Å². The SMILES string of the molecule is CC(C)c1cc(C2(N=C=O)CCCC2)c(F)cc1F. The largest absolute Gasteiger partial charge is 0.235 e. The highest BCUT2D eigenvalue weighted by Crippen LogP contribution is 2.44. The number of rotatable bonds is 3. The second kappa shape index (κ2) is 5.22. The molecule has 102 valence electrons. The number of aliphatic imine (C=N–C) groups is 1. The topological polar surface area (TPSA) is 29.4 Å². The van der Waals surface area contributed by atoms with Crippen molar-refractivity contribution < 1.29 is 13.6 Å². The minimum absolute atomic E-state index is 0.0435. The molecule has 0 N–H and O–H groups in total. The van der Waals surface area contributed by atoms with Crippen molar-refractivity contribution in [3.63, 3.8) is 0 Å². The maximum absolute atomic E-state index is 14.1. The number of carbonyl (C=O) groups excluding carboxylic acids is 1. The minimum Gasteiger partial charge on any atom is -0.211 e. The van der Waals surface area contributed by atoms with Crippen LogP contribution in [0.3, 0.4) is 0 Å². The van der Waals surface area contributed by atoms with Gasteiger partial charge in [-0.3, -0.25) is 0 Å². The fraction of sp³-hybridized carbons (Fsp3) is 0.533. The van der Waals surface area contributed by atoms with Crippen molar-refractivity contribution in [3.05, 3.63) is 34.9 Å². The van der Waals surface area contributed by atoms with Gasteiger partial charge in [0.15, 0.2) is 0 Å². The lowest BCUT2D eigenvalue weighted by Gasteiger charge is -2.24. The van der Waals surface area contributed by atoms with E-state index in [4.69, 9.17) is 0 Å². The van der Waals surface area contributed by atoms with Gasteiger partial charge in [-0.25, -0.2) is 13.6 Å². The number of benzene rings is 1. The Morgan fingerprint density at radius 1 is 1.21 bits per heavy atom. The summed E-state index contributed by atoms with van der Waals surface area (Å²) in [6.07, 6.45) is 4.56. The van der Waals surface area contributed by atoms with Crippen LogP contribution in [0.1, 0.15) is 56.6 Å². The zero-order valence-electron chi connectivity index (χ0n) is 11.2. The van der Waals surface area contributed by atoms with E-state index in [0.717, 1.165) is 18.9 Å². The third kappa shape index (κ3) is 2.45. The van der Waals surface area contributed by atoms with Gasteiger partial charge in [0.2, 0.25) is 6.08 Å². The van der Waals surface area contributed by atoms with E-state index in [1.54, 1.807) is 6.08 Å². The molecule has 0 aromatic heterocycles. The number of isocyanates is 1. The number of hydrogen-bond acceptors (Lipinski definition) is 2.